The standard InChI is InChI=1S/C34H35Cl2N3O4S/c1-24(2)37-34(41)32(18-26-10-6-4-7-11-26)38(22-27-16-14-25(3)15-17-27)33(40)23-39(30-20-28(35)19-29(36)21-30)44(42,43)31-12-8-5-9-13-31/h4-17,19-21,24,32H,18,22-23H2,1-3H3,(H,37,41). The molecule has 7 nitrogen and oxygen atoms in total. The molecule has 10 heteroatoms. The van der Waals surface area contributed by atoms with Crippen molar-refractivity contribution in [3.63, 3.8) is 0 Å². The second-order valence-electron chi connectivity index (χ2n) is 10.8. The summed E-state index contributed by atoms with van der Waals surface area (Å²) in [6.45, 7) is 5.14. The van der Waals surface area contributed by atoms with Crippen molar-refractivity contribution >= 4 is 50.7 Å². The van der Waals surface area contributed by atoms with Gasteiger partial charge in [0, 0.05) is 29.1 Å². The lowest BCUT2D eigenvalue weighted by atomic mass is 10.0. The van der Waals surface area contributed by atoms with E-state index in [1.807, 2.05) is 75.4 Å². The molecule has 44 heavy (non-hydrogen) atoms. The van der Waals surface area contributed by atoms with E-state index in [0.717, 1.165) is 21.0 Å². The minimum absolute atomic E-state index is 0.00707. The molecule has 2 amide bonds. The summed E-state index contributed by atoms with van der Waals surface area (Å²) >= 11 is 12.6. The van der Waals surface area contributed by atoms with Crippen LogP contribution in [0.15, 0.2) is 108 Å². The van der Waals surface area contributed by atoms with Crippen LogP contribution in [-0.2, 0) is 32.6 Å². The van der Waals surface area contributed by atoms with E-state index in [9.17, 15) is 18.0 Å². The molecule has 0 saturated heterocycles. The lowest BCUT2D eigenvalue weighted by Gasteiger charge is -2.34. The first-order valence-electron chi connectivity index (χ1n) is 14.2. The van der Waals surface area contributed by atoms with Crippen LogP contribution in [0.5, 0.6) is 0 Å². The Balaban J connectivity index is 1.82. The number of halogens is 2. The molecule has 230 valence electrons. The first-order valence-corrected chi connectivity index (χ1v) is 16.4. The zero-order valence-electron chi connectivity index (χ0n) is 24.8. The first kappa shape index (κ1) is 33.1. The third kappa shape index (κ3) is 8.62. The number of carbonyl (C=O) groups is 2. The highest BCUT2D eigenvalue weighted by Gasteiger charge is 2.35. The Kier molecular flexibility index (Phi) is 11.1. The van der Waals surface area contributed by atoms with Gasteiger partial charge in [0.2, 0.25) is 11.8 Å². The van der Waals surface area contributed by atoms with Gasteiger partial charge in [0.25, 0.3) is 10.0 Å². The van der Waals surface area contributed by atoms with Crippen LogP contribution in [-0.4, -0.2) is 43.8 Å². The number of hydrogen-bond donors (Lipinski definition) is 1. The van der Waals surface area contributed by atoms with Gasteiger partial charge in [0.05, 0.1) is 10.6 Å². The Bertz CT molecular complexity index is 1660. The molecule has 0 aliphatic carbocycles. The third-order valence-corrected chi connectivity index (χ3v) is 9.15. The summed E-state index contributed by atoms with van der Waals surface area (Å²) in [6, 6.07) is 28.1. The predicted octanol–water partition coefficient (Wildman–Crippen LogP) is 6.66. The van der Waals surface area contributed by atoms with Crippen molar-refractivity contribution in [1.82, 2.24) is 10.2 Å². The number of benzene rings is 4. The maximum atomic E-state index is 14.4. The van der Waals surface area contributed by atoms with Crippen LogP contribution < -0.4 is 9.62 Å². The highest BCUT2D eigenvalue weighted by molar-refractivity contribution is 7.92. The summed E-state index contributed by atoms with van der Waals surface area (Å²) in [4.78, 5) is 29.6. The molecule has 4 aromatic carbocycles. The monoisotopic (exact) mass is 651 g/mol. The van der Waals surface area contributed by atoms with Gasteiger partial charge in [-0.2, -0.15) is 0 Å². The molecule has 0 spiro atoms. The quantitative estimate of drug-likeness (QED) is 0.186. The molecule has 0 bridgehead atoms. The smallest absolute Gasteiger partial charge is 0.264 e. The van der Waals surface area contributed by atoms with Crippen LogP contribution in [0.25, 0.3) is 0 Å². The number of carbonyl (C=O) groups excluding carboxylic acids is 2. The van der Waals surface area contributed by atoms with Crippen molar-refractivity contribution in [3.05, 3.63) is 130 Å². The minimum atomic E-state index is -4.25. The molecule has 0 radical (unpaired) electrons. The fraction of sp³-hybridized carbons (Fsp3) is 0.235. The van der Waals surface area contributed by atoms with Gasteiger partial charge in [0.1, 0.15) is 12.6 Å². The Morgan fingerprint density at radius 2 is 1.36 bits per heavy atom. The average Bonchev–Trinajstić information content (AvgIpc) is 2.98. The van der Waals surface area contributed by atoms with Crippen LogP contribution in [0, 0.1) is 6.92 Å². The molecule has 4 rings (SSSR count). The maximum Gasteiger partial charge on any atom is 0.264 e. The average molecular weight is 653 g/mol. The molecule has 0 aromatic heterocycles. The second-order valence-corrected chi connectivity index (χ2v) is 13.6. The van der Waals surface area contributed by atoms with E-state index in [2.05, 4.69) is 5.32 Å². The molecular formula is C34H35Cl2N3O4S. The van der Waals surface area contributed by atoms with Crippen LogP contribution >= 0.6 is 23.2 Å². The van der Waals surface area contributed by atoms with E-state index in [-0.39, 0.29) is 45.5 Å². The minimum Gasteiger partial charge on any atom is -0.352 e. The summed E-state index contributed by atoms with van der Waals surface area (Å²) in [5.41, 5.74) is 2.82. The molecule has 0 heterocycles. The summed E-state index contributed by atoms with van der Waals surface area (Å²) in [7, 11) is -4.25. The molecule has 0 aliphatic heterocycles. The van der Waals surface area contributed by atoms with E-state index in [1.54, 1.807) is 18.2 Å². The zero-order chi connectivity index (χ0) is 31.9. The fourth-order valence-electron chi connectivity index (χ4n) is 4.76. The molecule has 1 unspecified atom stereocenters. The third-order valence-electron chi connectivity index (χ3n) is 6.92. The predicted molar refractivity (Wildman–Crippen MR) is 176 cm³/mol. The van der Waals surface area contributed by atoms with Crippen LogP contribution in [0.3, 0.4) is 0 Å². The Hall–Kier alpha value is -3.85. The summed E-state index contributed by atoms with van der Waals surface area (Å²) in [5, 5.41) is 3.37. The van der Waals surface area contributed by atoms with Gasteiger partial charge >= 0.3 is 0 Å². The Labute approximate surface area is 269 Å². The van der Waals surface area contributed by atoms with E-state index >= 15 is 0 Å². The molecule has 0 saturated carbocycles. The lowest BCUT2D eigenvalue weighted by Crippen LogP contribution is -2.54. The normalized spacial score (nSPS) is 12.0. The van der Waals surface area contributed by atoms with E-state index < -0.39 is 28.5 Å². The van der Waals surface area contributed by atoms with Crippen molar-refractivity contribution in [2.24, 2.45) is 0 Å². The van der Waals surface area contributed by atoms with Crippen molar-refractivity contribution < 1.29 is 18.0 Å². The van der Waals surface area contributed by atoms with Crippen LogP contribution in [0.1, 0.15) is 30.5 Å². The second kappa shape index (κ2) is 14.8. The van der Waals surface area contributed by atoms with Crippen molar-refractivity contribution in [3.8, 4) is 0 Å². The van der Waals surface area contributed by atoms with Gasteiger partial charge in [0.15, 0.2) is 0 Å². The Morgan fingerprint density at radius 1 is 0.795 bits per heavy atom. The molecule has 1 N–H and O–H groups in total. The van der Waals surface area contributed by atoms with Crippen LogP contribution in [0.2, 0.25) is 10.0 Å². The zero-order valence-corrected chi connectivity index (χ0v) is 27.1. The fourth-order valence-corrected chi connectivity index (χ4v) is 6.69. The summed E-state index contributed by atoms with van der Waals surface area (Å²) in [6.07, 6.45) is 0.228. The Morgan fingerprint density at radius 3 is 1.93 bits per heavy atom. The molecule has 1 atom stereocenters. The van der Waals surface area contributed by atoms with Crippen LogP contribution in [0.4, 0.5) is 5.69 Å². The highest BCUT2D eigenvalue weighted by atomic mass is 35.5. The molecule has 0 fully saturated rings. The van der Waals surface area contributed by atoms with Crippen molar-refractivity contribution in [2.75, 3.05) is 10.8 Å². The van der Waals surface area contributed by atoms with Gasteiger partial charge in [-0.05, 0) is 62.2 Å². The van der Waals surface area contributed by atoms with Gasteiger partial charge in [-0.1, -0.05) is 102 Å². The number of hydrogen-bond acceptors (Lipinski definition) is 4. The van der Waals surface area contributed by atoms with Gasteiger partial charge in [-0.25, -0.2) is 8.42 Å². The number of sulfonamides is 1. The van der Waals surface area contributed by atoms with Crippen molar-refractivity contribution in [2.45, 2.75) is 50.7 Å². The van der Waals surface area contributed by atoms with E-state index in [1.165, 1.54) is 35.2 Å². The SMILES string of the molecule is Cc1ccc(CN(C(=O)CN(c2cc(Cl)cc(Cl)c2)S(=O)(=O)c2ccccc2)C(Cc2ccccc2)C(=O)NC(C)C)cc1. The molecular weight excluding hydrogens is 617 g/mol. The summed E-state index contributed by atoms with van der Waals surface area (Å²) < 4.78 is 29.1. The van der Waals surface area contributed by atoms with E-state index in [0.29, 0.717) is 0 Å². The van der Waals surface area contributed by atoms with Crippen molar-refractivity contribution in [1.29, 1.82) is 0 Å². The van der Waals surface area contributed by atoms with E-state index in [4.69, 9.17) is 23.2 Å². The first-order chi connectivity index (χ1) is 20.9. The molecule has 0 aliphatic rings. The number of amides is 2. The number of nitrogens with zero attached hydrogens (tertiary/aromatic N) is 2. The number of rotatable bonds is 12. The number of anilines is 1. The topological polar surface area (TPSA) is 86.8 Å². The lowest BCUT2D eigenvalue weighted by molar-refractivity contribution is -0.140. The van der Waals surface area contributed by atoms with Gasteiger partial charge in [-0.15, -0.1) is 0 Å². The summed E-state index contributed by atoms with van der Waals surface area (Å²) in [5.74, 6) is -0.909. The number of nitrogens with one attached hydrogen (secondary N) is 1. The van der Waals surface area contributed by atoms with Gasteiger partial charge < -0.3 is 10.2 Å². The number of aryl methyl sites for hydroxylation is 1. The maximum absolute atomic E-state index is 14.4. The molecule has 4 aromatic rings. The largest absolute Gasteiger partial charge is 0.352 e. The van der Waals surface area contributed by atoms with Gasteiger partial charge in [-0.3, -0.25) is 13.9 Å². The highest BCUT2D eigenvalue weighted by Crippen LogP contribution is 2.30.